The van der Waals surface area contributed by atoms with Crippen LogP contribution in [0, 0.1) is 23.2 Å². The molecule has 4 aliphatic rings. The van der Waals surface area contributed by atoms with Crippen molar-refractivity contribution in [2.24, 2.45) is 23.2 Å². The Morgan fingerprint density at radius 1 is 1.20 bits per heavy atom. The van der Waals surface area contributed by atoms with Gasteiger partial charge in [0.15, 0.2) is 0 Å². The van der Waals surface area contributed by atoms with E-state index in [-0.39, 0.29) is 18.0 Å². The summed E-state index contributed by atoms with van der Waals surface area (Å²) >= 11 is 1.41. The molecule has 0 amide bonds. The molecule has 0 bridgehead atoms. The van der Waals surface area contributed by atoms with E-state index in [1.807, 2.05) is 6.26 Å². The van der Waals surface area contributed by atoms with Crippen LogP contribution in [0.4, 0.5) is 0 Å². The van der Waals surface area contributed by atoms with Gasteiger partial charge in [-0.2, -0.15) is 0 Å². The van der Waals surface area contributed by atoms with Gasteiger partial charge in [-0.15, -0.1) is 11.8 Å². The molecule has 0 aromatic rings. The Morgan fingerprint density at radius 2 is 1.93 bits per heavy atom. The highest BCUT2D eigenvalue weighted by atomic mass is 32.2. The number of aliphatic hydroxyl groups is 3. The van der Waals surface area contributed by atoms with Crippen molar-refractivity contribution in [2.75, 3.05) is 19.9 Å². The van der Waals surface area contributed by atoms with Gasteiger partial charge in [-0.3, -0.25) is 5.32 Å². The smallest absolute Gasteiger partial charge is 0.132 e. The summed E-state index contributed by atoms with van der Waals surface area (Å²) in [6, 6.07) is -0.266. The van der Waals surface area contributed by atoms with Gasteiger partial charge >= 0.3 is 0 Å². The molecule has 8 heteroatoms. The number of hydrogen-bond donors (Lipinski definition) is 5. The van der Waals surface area contributed by atoms with Gasteiger partial charge in [0.05, 0.1) is 0 Å². The first kappa shape index (κ1) is 23.2. The molecule has 0 radical (unpaired) electrons. The summed E-state index contributed by atoms with van der Waals surface area (Å²) in [6.07, 6.45) is 4.31. The van der Waals surface area contributed by atoms with E-state index < -0.39 is 36.1 Å². The number of methoxy groups -OCH3 is 1. The summed E-state index contributed by atoms with van der Waals surface area (Å²) in [5.74, 6) is 1.92. The number of hydrogen-bond acceptors (Lipinski definition) is 8. The third-order valence-corrected chi connectivity index (χ3v) is 8.86. The van der Waals surface area contributed by atoms with Crippen molar-refractivity contribution in [3.05, 3.63) is 0 Å². The van der Waals surface area contributed by atoms with Crippen LogP contribution in [0.15, 0.2) is 0 Å². The van der Waals surface area contributed by atoms with E-state index in [1.54, 1.807) is 0 Å². The van der Waals surface area contributed by atoms with E-state index in [0.717, 1.165) is 24.8 Å². The molecule has 2 aliphatic heterocycles. The maximum Gasteiger partial charge on any atom is 0.132 e. The molecular weight excluding hydrogens is 404 g/mol. The predicted molar refractivity (Wildman–Crippen MR) is 117 cm³/mol. The van der Waals surface area contributed by atoms with Crippen LogP contribution >= 0.6 is 11.8 Å². The summed E-state index contributed by atoms with van der Waals surface area (Å²) in [5.41, 5.74) is -0.0475. The van der Waals surface area contributed by atoms with Gasteiger partial charge in [-0.05, 0) is 68.1 Å². The number of piperidine rings is 1. The molecule has 10 atom stereocenters. The van der Waals surface area contributed by atoms with Crippen molar-refractivity contribution in [3.63, 3.8) is 0 Å². The third kappa shape index (κ3) is 4.44. The minimum Gasteiger partial charge on any atom is -0.388 e. The molecule has 2 aliphatic carbocycles. The topological polar surface area (TPSA) is 103 Å². The maximum atomic E-state index is 11.1. The second-order valence-corrected chi connectivity index (χ2v) is 11.2. The van der Waals surface area contributed by atoms with E-state index in [1.165, 1.54) is 44.6 Å². The highest BCUT2D eigenvalue weighted by Crippen LogP contribution is 2.67. The van der Waals surface area contributed by atoms with Crippen molar-refractivity contribution in [1.29, 1.82) is 0 Å². The van der Waals surface area contributed by atoms with Crippen molar-refractivity contribution in [3.8, 4) is 0 Å². The molecule has 0 aromatic carbocycles. The molecule has 5 N–H and O–H groups in total. The van der Waals surface area contributed by atoms with Crippen molar-refractivity contribution in [2.45, 2.75) is 94.1 Å². The molecule has 4 fully saturated rings. The molecule has 174 valence electrons. The zero-order valence-electron chi connectivity index (χ0n) is 18.7. The number of aliphatic hydroxyl groups excluding tert-OH is 3. The molecule has 7 nitrogen and oxygen atoms in total. The van der Waals surface area contributed by atoms with Crippen molar-refractivity contribution in [1.82, 2.24) is 10.6 Å². The standard InChI is InChI=1S/C22H40N2O5S/c1-11(2)15(18-16(25)19(28-3)17(26)21(29-18)30-4)24-20(27)14-10-22(7-8-23-14)9-13(22)12-5-6-12/h11-21,23-27H,5-10H2,1-4H3/t13-,14-,15+,16-,17+,18?,19-,20?,21+,22?/m0/s1. The Labute approximate surface area is 184 Å². The second-order valence-electron chi connectivity index (χ2n) is 10.3. The lowest BCUT2D eigenvalue weighted by atomic mass is 9.84. The van der Waals surface area contributed by atoms with Gasteiger partial charge in [0, 0.05) is 19.2 Å². The van der Waals surface area contributed by atoms with Gasteiger partial charge in [0.1, 0.15) is 36.1 Å². The van der Waals surface area contributed by atoms with Crippen LogP contribution in [0.1, 0.15) is 46.0 Å². The van der Waals surface area contributed by atoms with Gasteiger partial charge < -0.3 is 30.1 Å². The van der Waals surface area contributed by atoms with Crippen LogP contribution in [-0.2, 0) is 9.47 Å². The molecule has 2 saturated heterocycles. The highest BCUT2D eigenvalue weighted by Gasteiger charge is 2.61. The first-order chi connectivity index (χ1) is 14.3. The van der Waals surface area contributed by atoms with Crippen molar-refractivity contribution < 1.29 is 24.8 Å². The summed E-state index contributed by atoms with van der Waals surface area (Å²) in [7, 11) is 1.50. The van der Waals surface area contributed by atoms with Crippen LogP contribution in [0.25, 0.3) is 0 Å². The van der Waals surface area contributed by atoms with Crippen LogP contribution < -0.4 is 10.6 Å². The SMILES string of the molecule is CO[C@@H]1[C@@H](O)[C@@H](SC)OC([C@H](NC(O)[C@@H]2CC3(CCN2)C[C@H]3C2CC2)C(C)C)[C@@H]1O. The fourth-order valence-corrected chi connectivity index (χ4v) is 6.69. The Morgan fingerprint density at radius 3 is 2.53 bits per heavy atom. The first-order valence-electron chi connectivity index (χ1n) is 11.6. The van der Waals surface area contributed by atoms with E-state index >= 15 is 0 Å². The predicted octanol–water partition coefficient (Wildman–Crippen LogP) is 0.912. The molecule has 30 heavy (non-hydrogen) atoms. The summed E-state index contributed by atoms with van der Waals surface area (Å²) in [6.45, 7) is 5.07. The molecule has 1 spiro atoms. The zero-order valence-corrected chi connectivity index (χ0v) is 19.5. The fourth-order valence-electron chi connectivity index (χ4n) is 6.02. The second kappa shape index (κ2) is 9.14. The Bertz CT molecular complexity index is 594. The number of thioether (sulfide) groups is 1. The lowest BCUT2D eigenvalue weighted by molar-refractivity contribution is -0.217. The van der Waals surface area contributed by atoms with Crippen LogP contribution in [0.5, 0.6) is 0 Å². The van der Waals surface area contributed by atoms with Gasteiger partial charge in [0.25, 0.3) is 0 Å². The van der Waals surface area contributed by atoms with E-state index in [9.17, 15) is 15.3 Å². The average Bonchev–Trinajstić information content (AvgIpc) is 3.64. The van der Waals surface area contributed by atoms with Gasteiger partial charge in [0.2, 0.25) is 0 Å². The maximum absolute atomic E-state index is 11.1. The lowest BCUT2D eigenvalue weighted by Crippen LogP contribution is -2.66. The minimum absolute atomic E-state index is 0.00430. The minimum atomic E-state index is -0.978. The molecular formula is C22H40N2O5S. The Hall–Kier alpha value is 0.0700. The van der Waals surface area contributed by atoms with E-state index in [0.29, 0.717) is 5.41 Å². The first-order valence-corrected chi connectivity index (χ1v) is 12.8. The van der Waals surface area contributed by atoms with Gasteiger partial charge in [-0.25, -0.2) is 0 Å². The third-order valence-electron chi connectivity index (χ3n) is 8.00. The van der Waals surface area contributed by atoms with Crippen molar-refractivity contribution >= 4 is 11.8 Å². The molecule has 0 aromatic heterocycles. The summed E-state index contributed by atoms with van der Waals surface area (Å²) < 4.78 is 11.5. The average molecular weight is 445 g/mol. The highest BCUT2D eigenvalue weighted by molar-refractivity contribution is 7.99. The Balaban J connectivity index is 1.42. The molecule has 2 heterocycles. The quantitative estimate of drug-likeness (QED) is 0.352. The monoisotopic (exact) mass is 444 g/mol. The van der Waals surface area contributed by atoms with Crippen LogP contribution in [0.2, 0.25) is 0 Å². The normalized spacial score (nSPS) is 46.2. The Kier molecular flexibility index (Phi) is 7.08. The van der Waals surface area contributed by atoms with E-state index in [4.69, 9.17) is 9.47 Å². The van der Waals surface area contributed by atoms with E-state index in [2.05, 4.69) is 24.5 Å². The van der Waals surface area contributed by atoms with Gasteiger partial charge in [-0.1, -0.05) is 13.8 Å². The molecule has 2 saturated carbocycles. The number of ether oxygens (including phenoxy) is 2. The number of nitrogens with one attached hydrogen (secondary N) is 2. The molecule has 3 unspecified atom stereocenters. The lowest BCUT2D eigenvalue weighted by Gasteiger charge is -2.46. The van der Waals surface area contributed by atoms with Crippen LogP contribution in [-0.4, -0.2) is 83.4 Å². The molecule has 4 rings (SSSR count). The fraction of sp³-hybridized carbons (Fsp3) is 1.00. The largest absolute Gasteiger partial charge is 0.388 e. The zero-order chi connectivity index (χ0) is 21.6. The summed E-state index contributed by atoms with van der Waals surface area (Å²) in [5, 5.41) is 39.4. The van der Waals surface area contributed by atoms with Crippen LogP contribution in [0.3, 0.4) is 0 Å². The number of rotatable bonds is 8. The summed E-state index contributed by atoms with van der Waals surface area (Å²) in [4.78, 5) is 0.